The van der Waals surface area contributed by atoms with Crippen LogP contribution in [0, 0.1) is 0 Å². The van der Waals surface area contributed by atoms with Gasteiger partial charge in [-0.3, -0.25) is 0 Å². The molecule has 0 fully saturated rings. The first kappa shape index (κ1) is 25.4. The fourth-order valence-electron chi connectivity index (χ4n) is 6.53. The minimum Gasteiger partial charge on any atom is -0.309 e. The van der Waals surface area contributed by atoms with Crippen LogP contribution in [0.2, 0.25) is 0 Å². The van der Waals surface area contributed by atoms with E-state index in [2.05, 4.69) is 144 Å². The van der Waals surface area contributed by atoms with E-state index in [0.717, 1.165) is 44.1 Å². The first-order valence-electron chi connectivity index (χ1n) is 15.1. The third kappa shape index (κ3) is 4.19. The Labute approximate surface area is 259 Å². The lowest BCUT2D eigenvalue weighted by molar-refractivity contribution is 1.08. The summed E-state index contributed by atoms with van der Waals surface area (Å²) in [6, 6.07) is 55.0. The van der Waals surface area contributed by atoms with E-state index in [0.29, 0.717) is 17.5 Å². The third-order valence-corrected chi connectivity index (χ3v) is 8.61. The maximum atomic E-state index is 5.18. The van der Waals surface area contributed by atoms with Crippen molar-refractivity contribution >= 4 is 43.4 Å². The minimum absolute atomic E-state index is 0.651. The average Bonchev–Trinajstić information content (AvgIpc) is 3.47. The molecule has 0 aliphatic heterocycles. The topological polar surface area (TPSA) is 43.6 Å². The molecule has 0 saturated heterocycles. The molecule has 45 heavy (non-hydrogen) atoms. The first-order chi connectivity index (χ1) is 22.3. The van der Waals surface area contributed by atoms with Crippen molar-refractivity contribution in [2.24, 2.45) is 0 Å². The molecule has 0 spiro atoms. The normalized spacial score (nSPS) is 11.6. The van der Waals surface area contributed by atoms with Gasteiger partial charge in [0.1, 0.15) is 0 Å². The maximum absolute atomic E-state index is 5.18. The highest BCUT2D eigenvalue weighted by Crippen LogP contribution is 2.41. The van der Waals surface area contributed by atoms with Crippen molar-refractivity contribution in [3.63, 3.8) is 0 Å². The summed E-state index contributed by atoms with van der Waals surface area (Å²) in [5.41, 5.74) is 6.29. The van der Waals surface area contributed by atoms with Crippen LogP contribution >= 0.6 is 0 Å². The highest BCUT2D eigenvalue weighted by molar-refractivity contribution is 6.22. The number of rotatable bonds is 4. The highest BCUT2D eigenvalue weighted by Gasteiger charge is 2.21. The number of nitrogens with zero attached hydrogens (tertiary/aromatic N) is 4. The predicted molar refractivity (Wildman–Crippen MR) is 185 cm³/mol. The Morgan fingerprint density at radius 1 is 0.400 bits per heavy atom. The molecule has 0 amide bonds. The molecule has 9 rings (SSSR count). The summed E-state index contributed by atoms with van der Waals surface area (Å²) in [4.78, 5) is 15.3. The summed E-state index contributed by atoms with van der Waals surface area (Å²) in [5.74, 6) is 1.95. The lowest BCUT2D eigenvalue weighted by Gasteiger charge is -2.11. The smallest absolute Gasteiger partial charge is 0.164 e. The van der Waals surface area contributed by atoms with Crippen molar-refractivity contribution < 1.29 is 0 Å². The number of aromatic nitrogens is 4. The molecule has 0 bridgehead atoms. The van der Waals surface area contributed by atoms with Crippen molar-refractivity contribution in [2.75, 3.05) is 0 Å². The van der Waals surface area contributed by atoms with Crippen LogP contribution in [0.4, 0.5) is 0 Å². The number of benzene rings is 7. The van der Waals surface area contributed by atoms with Gasteiger partial charge in [0.2, 0.25) is 0 Å². The van der Waals surface area contributed by atoms with Crippen LogP contribution in [0.15, 0.2) is 158 Å². The quantitative estimate of drug-likeness (QED) is 0.210. The van der Waals surface area contributed by atoms with Gasteiger partial charge in [0.25, 0.3) is 0 Å². The molecule has 7 aromatic carbocycles. The number of fused-ring (bicyclic) bond motifs is 6. The molecule has 0 saturated carbocycles. The molecule has 4 heteroatoms. The largest absolute Gasteiger partial charge is 0.309 e. The van der Waals surface area contributed by atoms with E-state index in [1.54, 1.807) is 0 Å². The molecule has 4 nitrogen and oxygen atoms in total. The van der Waals surface area contributed by atoms with Gasteiger partial charge in [-0.1, -0.05) is 133 Å². The second kappa shape index (κ2) is 10.2. The van der Waals surface area contributed by atoms with E-state index < -0.39 is 0 Å². The molecular formula is C41H26N4. The molecule has 0 N–H and O–H groups in total. The standard InChI is InChI=1S/C41H26N4/c1-3-14-29(15-4-1)39-42-40(31-23-22-27-12-7-8-16-30(27)26-31)44-41(43-39)35-20-11-21-36-37(35)34-25-24-28-13-9-10-19-33(28)38(34)45(36)32-17-5-2-6-18-32/h1-26H. The van der Waals surface area contributed by atoms with E-state index in [4.69, 9.17) is 15.0 Å². The second-order valence-corrected chi connectivity index (χ2v) is 11.3. The molecular weight excluding hydrogens is 548 g/mol. The monoisotopic (exact) mass is 574 g/mol. The van der Waals surface area contributed by atoms with Crippen molar-refractivity contribution in [2.45, 2.75) is 0 Å². The van der Waals surface area contributed by atoms with Crippen LogP contribution in [0.1, 0.15) is 0 Å². The van der Waals surface area contributed by atoms with Gasteiger partial charge >= 0.3 is 0 Å². The molecule has 0 aliphatic carbocycles. The third-order valence-electron chi connectivity index (χ3n) is 8.61. The van der Waals surface area contributed by atoms with E-state index in [1.807, 2.05) is 18.2 Å². The fourth-order valence-corrected chi connectivity index (χ4v) is 6.53. The zero-order chi connectivity index (χ0) is 29.7. The summed E-state index contributed by atoms with van der Waals surface area (Å²) in [7, 11) is 0. The van der Waals surface area contributed by atoms with Gasteiger partial charge in [0, 0.05) is 38.5 Å². The molecule has 0 radical (unpaired) electrons. The van der Waals surface area contributed by atoms with Crippen LogP contribution in [-0.4, -0.2) is 19.5 Å². The second-order valence-electron chi connectivity index (χ2n) is 11.3. The zero-order valence-electron chi connectivity index (χ0n) is 24.3. The van der Waals surface area contributed by atoms with Crippen LogP contribution in [-0.2, 0) is 0 Å². The van der Waals surface area contributed by atoms with E-state index in [9.17, 15) is 0 Å². The minimum atomic E-state index is 0.651. The molecule has 9 aromatic rings. The van der Waals surface area contributed by atoms with Crippen LogP contribution < -0.4 is 0 Å². The summed E-state index contributed by atoms with van der Waals surface area (Å²) in [6.07, 6.45) is 0. The van der Waals surface area contributed by atoms with Crippen molar-refractivity contribution in [1.29, 1.82) is 0 Å². The van der Waals surface area contributed by atoms with Crippen LogP contribution in [0.25, 0.3) is 83.2 Å². The molecule has 0 atom stereocenters. The SMILES string of the molecule is c1ccc(-c2nc(-c3ccc4ccccc4c3)nc(-c3cccc4c3c3ccc5ccccc5c3n4-c3ccccc3)n2)cc1. The van der Waals surface area contributed by atoms with Gasteiger partial charge in [0.15, 0.2) is 17.5 Å². The Balaban J connectivity index is 1.37. The zero-order valence-corrected chi connectivity index (χ0v) is 24.3. The molecule has 0 unspecified atom stereocenters. The molecule has 210 valence electrons. The molecule has 2 aromatic heterocycles. The summed E-state index contributed by atoms with van der Waals surface area (Å²) < 4.78 is 2.38. The lowest BCUT2D eigenvalue weighted by Crippen LogP contribution is -2.00. The molecule has 2 heterocycles. The van der Waals surface area contributed by atoms with E-state index in [1.165, 1.54) is 21.7 Å². The number of hydrogen-bond donors (Lipinski definition) is 0. The van der Waals surface area contributed by atoms with Gasteiger partial charge in [-0.2, -0.15) is 0 Å². The Hall–Kier alpha value is -6.13. The van der Waals surface area contributed by atoms with E-state index in [-0.39, 0.29) is 0 Å². The van der Waals surface area contributed by atoms with Gasteiger partial charge < -0.3 is 4.57 Å². The predicted octanol–water partition coefficient (Wildman–Crippen LogP) is 10.3. The van der Waals surface area contributed by atoms with Crippen LogP contribution in [0.3, 0.4) is 0 Å². The first-order valence-corrected chi connectivity index (χ1v) is 15.1. The number of hydrogen-bond acceptors (Lipinski definition) is 3. The summed E-state index contributed by atoms with van der Waals surface area (Å²) >= 11 is 0. The maximum Gasteiger partial charge on any atom is 0.164 e. The van der Waals surface area contributed by atoms with Gasteiger partial charge in [-0.15, -0.1) is 0 Å². The summed E-state index contributed by atoms with van der Waals surface area (Å²) in [5, 5.41) is 7.03. The average molecular weight is 575 g/mol. The number of para-hydroxylation sites is 1. The highest BCUT2D eigenvalue weighted by atomic mass is 15.0. The Morgan fingerprint density at radius 2 is 1.04 bits per heavy atom. The van der Waals surface area contributed by atoms with E-state index >= 15 is 0 Å². The Kier molecular flexibility index (Phi) is 5.78. The molecule has 0 aliphatic rings. The van der Waals surface area contributed by atoms with Crippen molar-refractivity contribution in [3.05, 3.63) is 158 Å². The summed E-state index contributed by atoms with van der Waals surface area (Å²) in [6.45, 7) is 0. The van der Waals surface area contributed by atoms with Gasteiger partial charge in [-0.25, -0.2) is 15.0 Å². The Bertz CT molecular complexity index is 2530. The van der Waals surface area contributed by atoms with Crippen LogP contribution in [0.5, 0.6) is 0 Å². The van der Waals surface area contributed by atoms with Gasteiger partial charge in [0.05, 0.1) is 11.0 Å². The van der Waals surface area contributed by atoms with Crippen molar-refractivity contribution in [1.82, 2.24) is 19.5 Å². The van der Waals surface area contributed by atoms with Gasteiger partial charge in [-0.05, 0) is 40.4 Å². The van der Waals surface area contributed by atoms with Crippen molar-refractivity contribution in [3.8, 4) is 39.9 Å². The fraction of sp³-hybridized carbons (Fsp3) is 0. The lowest BCUT2D eigenvalue weighted by atomic mass is 10.0. The Morgan fingerprint density at radius 3 is 1.87 bits per heavy atom.